The molecule has 0 saturated carbocycles. The van der Waals surface area contributed by atoms with Crippen LogP contribution in [0.1, 0.15) is 25.3 Å². The molecule has 3 rings (SSSR count). The zero-order valence-electron chi connectivity index (χ0n) is 9.91. The van der Waals surface area contributed by atoms with E-state index in [0.29, 0.717) is 11.5 Å². The zero-order valence-corrected chi connectivity index (χ0v) is 10.7. The Morgan fingerprint density at radius 1 is 1.39 bits per heavy atom. The van der Waals surface area contributed by atoms with Crippen molar-refractivity contribution in [1.82, 2.24) is 24.0 Å². The van der Waals surface area contributed by atoms with E-state index < -0.39 is 0 Å². The molecule has 0 aromatic carbocycles. The summed E-state index contributed by atoms with van der Waals surface area (Å²) in [6.07, 6.45) is 3.38. The highest BCUT2D eigenvalue weighted by Gasteiger charge is 2.13. The lowest BCUT2D eigenvalue weighted by Crippen LogP contribution is -2.19. The Labute approximate surface area is 106 Å². The van der Waals surface area contributed by atoms with Crippen LogP contribution >= 0.6 is 11.5 Å². The van der Waals surface area contributed by atoms with E-state index in [2.05, 4.69) is 19.4 Å². The van der Waals surface area contributed by atoms with Gasteiger partial charge in [0.25, 0.3) is 0 Å². The number of nitrogens with zero attached hydrogens (tertiary/aromatic N) is 4. The van der Waals surface area contributed by atoms with Gasteiger partial charge in [0.15, 0.2) is 5.65 Å². The average molecular weight is 261 g/mol. The van der Waals surface area contributed by atoms with Crippen LogP contribution in [0.25, 0.3) is 17.0 Å². The van der Waals surface area contributed by atoms with Crippen molar-refractivity contribution in [3.63, 3.8) is 0 Å². The van der Waals surface area contributed by atoms with Crippen LogP contribution in [0.3, 0.4) is 0 Å². The van der Waals surface area contributed by atoms with Crippen LogP contribution in [-0.2, 0) is 0 Å². The number of H-pyrrole nitrogens is 1. The third-order valence-electron chi connectivity index (χ3n) is 2.73. The first-order chi connectivity index (χ1) is 8.66. The Morgan fingerprint density at radius 3 is 2.89 bits per heavy atom. The Kier molecular flexibility index (Phi) is 2.48. The molecule has 0 aliphatic rings. The van der Waals surface area contributed by atoms with Crippen LogP contribution in [0.2, 0.25) is 0 Å². The lowest BCUT2D eigenvalue weighted by molar-refractivity contribution is 0.840. The largest absolute Gasteiger partial charge is 0.349 e. The first-order valence-corrected chi connectivity index (χ1v) is 6.38. The number of aromatic nitrogens is 5. The normalized spacial score (nSPS) is 11.5. The quantitative estimate of drug-likeness (QED) is 0.761. The number of nitrogens with one attached hydrogen (secondary N) is 1. The predicted molar refractivity (Wildman–Crippen MR) is 68.8 cm³/mol. The van der Waals surface area contributed by atoms with Gasteiger partial charge in [-0.25, -0.2) is 14.2 Å². The Bertz CT molecular complexity index is 740. The molecule has 3 aromatic heterocycles. The smallest absolute Gasteiger partial charge is 0.290 e. The topological polar surface area (TPSA) is 75.9 Å². The van der Waals surface area contributed by atoms with Gasteiger partial charge in [-0.3, -0.25) is 4.98 Å². The molecule has 0 aliphatic carbocycles. The molecule has 1 N–H and O–H groups in total. The van der Waals surface area contributed by atoms with E-state index in [0.717, 1.165) is 11.1 Å². The summed E-state index contributed by atoms with van der Waals surface area (Å²) in [6.45, 7) is 4.09. The van der Waals surface area contributed by atoms with Crippen molar-refractivity contribution in [2.24, 2.45) is 0 Å². The molecule has 7 heteroatoms. The van der Waals surface area contributed by atoms with Crippen LogP contribution in [-0.4, -0.2) is 24.0 Å². The zero-order chi connectivity index (χ0) is 12.7. The lowest BCUT2D eigenvalue weighted by Gasteiger charge is -2.02. The van der Waals surface area contributed by atoms with Gasteiger partial charge >= 0.3 is 5.69 Å². The van der Waals surface area contributed by atoms with Crippen molar-refractivity contribution in [2.75, 3.05) is 0 Å². The van der Waals surface area contributed by atoms with Crippen LogP contribution in [0, 0.1) is 0 Å². The predicted octanol–water partition coefficient (Wildman–Crippen LogP) is 1.66. The fraction of sp³-hybridized carbons (Fsp3) is 0.273. The number of rotatable bonds is 2. The summed E-state index contributed by atoms with van der Waals surface area (Å²) in [7, 11) is 0. The fourth-order valence-corrected chi connectivity index (χ4v) is 2.29. The van der Waals surface area contributed by atoms with Crippen molar-refractivity contribution < 1.29 is 0 Å². The van der Waals surface area contributed by atoms with Crippen molar-refractivity contribution in [3.8, 4) is 11.4 Å². The Hall–Kier alpha value is -2.02. The fourth-order valence-electron chi connectivity index (χ4n) is 1.77. The molecule has 0 spiro atoms. The molecular formula is C11H11N5OS. The minimum atomic E-state index is -0.284. The highest BCUT2D eigenvalue weighted by molar-refractivity contribution is 7.03. The van der Waals surface area contributed by atoms with Gasteiger partial charge < -0.3 is 0 Å². The molecular weight excluding hydrogens is 250 g/mol. The molecule has 0 unspecified atom stereocenters. The summed E-state index contributed by atoms with van der Waals surface area (Å²) in [5.74, 6) is 0.800. The van der Waals surface area contributed by atoms with Crippen molar-refractivity contribution in [3.05, 3.63) is 33.8 Å². The number of hydrogen-bond acceptors (Lipinski definition) is 5. The molecule has 0 atom stereocenters. The van der Waals surface area contributed by atoms with Gasteiger partial charge in [-0.05, 0) is 17.5 Å². The van der Waals surface area contributed by atoms with Gasteiger partial charge in [0.2, 0.25) is 0 Å². The minimum Gasteiger partial charge on any atom is -0.290 e. The monoisotopic (exact) mass is 261 g/mol. The lowest BCUT2D eigenvalue weighted by atomic mass is 10.1. The molecule has 18 heavy (non-hydrogen) atoms. The van der Waals surface area contributed by atoms with Crippen LogP contribution in [0.4, 0.5) is 0 Å². The minimum absolute atomic E-state index is 0.269. The number of aromatic amines is 1. The molecule has 0 fully saturated rings. The van der Waals surface area contributed by atoms with Gasteiger partial charge in [0.1, 0.15) is 5.82 Å². The highest BCUT2D eigenvalue weighted by atomic mass is 32.1. The third kappa shape index (κ3) is 1.63. The maximum absolute atomic E-state index is 11.9. The highest BCUT2D eigenvalue weighted by Crippen LogP contribution is 2.20. The molecule has 3 heterocycles. The van der Waals surface area contributed by atoms with Gasteiger partial charge in [-0.2, -0.15) is 9.61 Å². The Balaban J connectivity index is 2.31. The van der Waals surface area contributed by atoms with E-state index in [9.17, 15) is 4.79 Å². The average Bonchev–Trinajstić information content (AvgIpc) is 2.97. The maximum atomic E-state index is 11.9. The van der Waals surface area contributed by atoms with E-state index in [-0.39, 0.29) is 11.6 Å². The molecule has 0 saturated heterocycles. The van der Waals surface area contributed by atoms with E-state index in [1.807, 2.05) is 19.2 Å². The molecule has 3 aromatic rings. The van der Waals surface area contributed by atoms with Crippen molar-refractivity contribution in [2.45, 2.75) is 19.8 Å². The van der Waals surface area contributed by atoms with Crippen LogP contribution < -0.4 is 5.69 Å². The Morgan fingerprint density at radius 2 is 2.22 bits per heavy atom. The standard InChI is InChI=1S/C11H11N5OS/c1-6(2)8-4-12-16-10(8)14-9(15-11(16)17)7-3-13-18-5-7/h3-6H,1-2H3,(H,14,15,17). The van der Waals surface area contributed by atoms with E-state index >= 15 is 0 Å². The molecule has 0 aliphatic heterocycles. The molecule has 0 radical (unpaired) electrons. The van der Waals surface area contributed by atoms with Gasteiger partial charge in [-0.15, -0.1) is 0 Å². The third-order valence-corrected chi connectivity index (χ3v) is 3.32. The van der Waals surface area contributed by atoms with Gasteiger partial charge in [0, 0.05) is 16.5 Å². The summed E-state index contributed by atoms with van der Waals surface area (Å²) in [5, 5.41) is 5.91. The first-order valence-electron chi connectivity index (χ1n) is 5.54. The first kappa shape index (κ1) is 11.1. The van der Waals surface area contributed by atoms with Crippen LogP contribution in [0.5, 0.6) is 0 Å². The second-order valence-corrected chi connectivity index (χ2v) is 4.95. The van der Waals surface area contributed by atoms with Gasteiger partial charge in [-0.1, -0.05) is 13.8 Å². The molecule has 0 amide bonds. The van der Waals surface area contributed by atoms with Gasteiger partial charge in [0.05, 0.1) is 12.4 Å². The van der Waals surface area contributed by atoms with Crippen LogP contribution in [0.15, 0.2) is 22.6 Å². The second kappa shape index (κ2) is 4.02. The van der Waals surface area contributed by atoms with Crippen molar-refractivity contribution in [1.29, 1.82) is 0 Å². The van der Waals surface area contributed by atoms with E-state index in [1.54, 1.807) is 12.4 Å². The number of fused-ring (bicyclic) bond motifs is 1. The molecule has 92 valence electrons. The number of hydrogen-bond donors (Lipinski definition) is 1. The molecule has 6 nitrogen and oxygen atoms in total. The summed E-state index contributed by atoms with van der Waals surface area (Å²) in [4.78, 5) is 19.1. The summed E-state index contributed by atoms with van der Waals surface area (Å²) >= 11 is 1.32. The second-order valence-electron chi connectivity index (χ2n) is 4.29. The summed E-state index contributed by atoms with van der Waals surface area (Å²) in [5.41, 5.74) is 2.10. The SMILES string of the molecule is CC(C)c1cnn2c(=O)[nH]c(-c3cnsc3)nc12. The summed E-state index contributed by atoms with van der Waals surface area (Å²) < 4.78 is 5.30. The van der Waals surface area contributed by atoms with E-state index in [4.69, 9.17) is 0 Å². The summed E-state index contributed by atoms with van der Waals surface area (Å²) in [6, 6.07) is 0. The maximum Gasteiger partial charge on any atom is 0.349 e. The van der Waals surface area contributed by atoms with E-state index in [1.165, 1.54) is 16.0 Å². The molecule has 0 bridgehead atoms. The van der Waals surface area contributed by atoms with Crippen molar-refractivity contribution >= 4 is 17.2 Å².